The molecule has 0 aliphatic heterocycles. The molecular weight excluding hydrogens is 359 g/mol. The zero-order valence-electron chi connectivity index (χ0n) is 12.6. The highest BCUT2D eigenvalue weighted by molar-refractivity contribution is 6.10. The van der Waals surface area contributed by atoms with E-state index in [4.69, 9.17) is 15.3 Å². The van der Waals surface area contributed by atoms with Gasteiger partial charge in [-0.1, -0.05) is 6.07 Å². The highest BCUT2D eigenvalue weighted by Gasteiger charge is 2.33. The molecule has 2 aromatic carbocycles. The lowest BCUT2D eigenvalue weighted by Gasteiger charge is -2.12. The van der Waals surface area contributed by atoms with E-state index in [1.165, 1.54) is 36.4 Å². The molecule has 132 valence electrons. The summed E-state index contributed by atoms with van der Waals surface area (Å²) >= 11 is 0. The Hall–Kier alpha value is -3.66. The number of nitrogens with zero attached hydrogens (tertiary/aromatic N) is 3. The smallest absolute Gasteiger partial charge is 0.416 e. The van der Waals surface area contributed by atoms with E-state index in [0.717, 1.165) is 0 Å². The average Bonchev–Trinajstić information content (AvgIpc) is 2.58. The highest BCUT2D eigenvalue weighted by Crippen LogP contribution is 2.35. The molecule has 2 rings (SSSR count). The van der Waals surface area contributed by atoms with Gasteiger partial charge in [0, 0.05) is 6.07 Å². The number of alkyl halides is 3. The first-order valence-electron chi connectivity index (χ1n) is 6.72. The zero-order chi connectivity index (χ0) is 19.3. The van der Waals surface area contributed by atoms with E-state index >= 15 is 0 Å². The molecule has 5 nitrogen and oxygen atoms in total. The van der Waals surface area contributed by atoms with Crippen molar-refractivity contribution in [3.63, 3.8) is 0 Å². The van der Waals surface area contributed by atoms with Crippen molar-refractivity contribution >= 4 is 11.4 Å². The third kappa shape index (κ3) is 4.45. The highest BCUT2D eigenvalue weighted by atomic mass is 19.4. The van der Waals surface area contributed by atoms with Gasteiger partial charge in [-0.3, -0.25) is 5.43 Å². The molecule has 0 aliphatic carbocycles. The fraction of sp³-hybridized carbons (Fsp3) is 0.0625. The first-order chi connectivity index (χ1) is 12.2. The zero-order valence-corrected chi connectivity index (χ0v) is 12.6. The summed E-state index contributed by atoms with van der Waals surface area (Å²) in [7, 11) is 0. The summed E-state index contributed by atoms with van der Waals surface area (Å²) in [5.41, 5.74) is 0.621. The largest absolute Gasteiger partial charge is 0.451 e. The van der Waals surface area contributed by atoms with Gasteiger partial charge in [0.1, 0.15) is 17.9 Å². The van der Waals surface area contributed by atoms with Crippen molar-refractivity contribution in [1.82, 2.24) is 0 Å². The summed E-state index contributed by atoms with van der Waals surface area (Å²) < 4.78 is 70.2. The van der Waals surface area contributed by atoms with Crippen LogP contribution in [0.1, 0.15) is 5.56 Å². The van der Waals surface area contributed by atoms with Crippen LogP contribution in [0.5, 0.6) is 11.5 Å². The number of hydrogen-bond donors (Lipinski definition) is 1. The van der Waals surface area contributed by atoms with Gasteiger partial charge in [-0.25, -0.2) is 8.78 Å². The van der Waals surface area contributed by atoms with Crippen molar-refractivity contribution in [2.45, 2.75) is 6.18 Å². The van der Waals surface area contributed by atoms with Gasteiger partial charge < -0.3 is 4.74 Å². The fourth-order valence-corrected chi connectivity index (χ4v) is 1.76. The van der Waals surface area contributed by atoms with Crippen LogP contribution in [-0.4, -0.2) is 5.71 Å². The standard InChI is InChI=1S/C16H7F5N4O/c17-13-4-9(16(19,20)21)5-14(18)15(13)26-12-3-1-2-10(6-12)24-25-11(7-22)8-23/h1-6,24H. The molecule has 0 amide bonds. The number of halogens is 5. The van der Waals surface area contributed by atoms with E-state index in [1.807, 2.05) is 0 Å². The van der Waals surface area contributed by atoms with Crippen molar-refractivity contribution in [2.75, 3.05) is 5.43 Å². The van der Waals surface area contributed by atoms with Gasteiger partial charge in [0.2, 0.25) is 5.71 Å². The number of rotatable bonds is 4. The number of benzene rings is 2. The summed E-state index contributed by atoms with van der Waals surface area (Å²) in [6.07, 6.45) is -4.90. The van der Waals surface area contributed by atoms with Crippen LogP contribution in [0.25, 0.3) is 0 Å². The molecule has 1 N–H and O–H groups in total. The maximum Gasteiger partial charge on any atom is 0.416 e. The number of hydrazone groups is 1. The predicted octanol–water partition coefficient (Wildman–Crippen LogP) is 4.59. The molecule has 2 aromatic rings. The quantitative estimate of drug-likeness (QED) is 0.487. The third-order valence-electron chi connectivity index (χ3n) is 2.89. The molecule has 0 spiro atoms. The lowest BCUT2D eigenvalue weighted by Crippen LogP contribution is -2.07. The molecule has 0 heterocycles. The molecule has 0 atom stereocenters. The van der Waals surface area contributed by atoms with Crippen molar-refractivity contribution in [1.29, 1.82) is 10.5 Å². The van der Waals surface area contributed by atoms with Crippen molar-refractivity contribution < 1.29 is 26.7 Å². The maximum atomic E-state index is 13.8. The average molecular weight is 366 g/mol. The monoisotopic (exact) mass is 366 g/mol. The molecule has 26 heavy (non-hydrogen) atoms. The molecule has 0 saturated heterocycles. The molecule has 0 aromatic heterocycles. The molecule has 0 bridgehead atoms. The number of hydrogen-bond acceptors (Lipinski definition) is 5. The van der Waals surface area contributed by atoms with E-state index in [0.29, 0.717) is 0 Å². The Bertz CT molecular complexity index is 902. The Morgan fingerprint density at radius 2 is 1.65 bits per heavy atom. The molecular formula is C16H7F5N4O. The maximum absolute atomic E-state index is 13.8. The molecule has 0 saturated carbocycles. The van der Waals surface area contributed by atoms with Crippen LogP contribution in [0.2, 0.25) is 0 Å². The molecule has 0 aliphatic rings. The SMILES string of the molecule is N#CC(C#N)=NNc1cccc(Oc2c(F)cc(C(F)(F)F)cc2F)c1. The van der Waals surface area contributed by atoms with Crippen LogP contribution < -0.4 is 10.2 Å². The van der Waals surface area contributed by atoms with Crippen LogP contribution in [0.3, 0.4) is 0 Å². The van der Waals surface area contributed by atoms with E-state index in [-0.39, 0.29) is 23.6 Å². The lowest BCUT2D eigenvalue weighted by atomic mass is 10.2. The van der Waals surface area contributed by atoms with Gasteiger partial charge >= 0.3 is 6.18 Å². The minimum atomic E-state index is -4.90. The van der Waals surface area contributed by atoms with E-state index in [2.05, 4.69) is 10.5 Å². The van der Waals surface area contributed by atoms with Gasteiger partial charge in [0.25, 0.3) is 0 Å². The Kier molecular flexibility index (Phi) is 5.38. The molecule has 0 unspecified atom stereocenters. The van der Waals surface area contributed by atoms with E-state index < -0.39 is 34.8 Å². The number of nitrogens with one attached hydrogen (secondary N) is 1. The summed E-state index contributed by atoms with van der Waals surface area (Å²) in [5, 5.41) is 20.6. The second-order valence-electron chi connectivity index (χ2n) is 4.69. The summed E-state index contributed by atoms with van der Waals surface area (Å²) in [6.45, 7) is 0. The third-order valence-corrected chi connectivity index (χ3v) is 2.89. The fourth-order valence-electron chi connectivity index (χ4n) is 1.76. The lowest BCUT2D eigenvalue weighted by molar-refractivity contribution is -0.138. The number of nitriles is 2. The minimum absolute atomic E-state index is 0.113. The van der Waals surface area contributed by atoms with Gasteiger partial charge in [-0.15, -0.1) is 0 Å². The number of anilines is 1. The minimum Gasteiger partial charge on any atom is -0.451 e. The van der Waals surface area contributed by atoms with Crippen molar-refractivity contribution in [2.24, 2.45) is 5.10 Å². The predicted molar refractivity (Wildman–Crippen MR) is 80.2 cm³/mol. The van der Waals surface area contributed by atoms with E-state index in [9.17, 15) is 22.0 Å². The summed E-state index contributed by atoms with van der Waals surface area (Å²) in [4.78, 5) is 0. The van der Waals surface area contributed by atoms with Gasteiger partial charge in [-0.05, 0) is 24.3 Å². The molecule has 0 fully saturated rings. The summed E-state index contributed by atoms with van der Waals surface area (Å²) in [5.74, 6) is -4.17. The summed E-state index contributed by atoms with van der Waals surface area (Å²) in [6, 6.07) is 8.62. The topological polar surface area (TPSA) is 81.2 Å². The van der Waals surface area contributed by atoms with Gasteiger partial charge in [-0.2, -0.15) is 28.8 Å². The van der Waals surface area contributed by atoms with Crippen LogP contribution in [0.15, 0.2) is 41.5 Å². The second kappa shape index (κ2) is 7.49. The first-order valence-corrected chi connectivity index (χ1v) is 6.72. The van der Waals surface area contributed by atoms with Gasteiger partial charge in [0.05, 0.1) is 11.3 Å². The Labute approximate surface area is 143 Å². The second-order valence-corrected chi connectivity index (χ2v) is 4.69. The van der Waals surface area contributed by atoms with E-state index in [1.54, 1.807) is 0 Å². The normalized spacial score (nSPS) is 10.4. The number of ether oxygens (including phenoxy) is 1. The van der Waals surface area contributed by atoms with Gasteiger partial charge in [0.15, 0.2) is 17.4 Å². The molecule has 10 heteroatoms. The Morgan fingerprint density at radius 3 is 2.19 bits per heavy atom. The Balaban J connectivity index is 2.27. The molecule has 0 radical (unpaired) electrons. The van der Waals surface area contributed by atoms with Crippen LogP contribution in [0, 0.1) is 34.3 Å². The van der Waals surface area contributed by atoms with Crippen LogP contribution in [-0.2, 0) is 6.18 Å². The van der Waals surface area contributed by atoms with Crippen molar-refractivity contribution in [3.8, 4) is 23.6 Å². The Morgan fingerprint density at radius 1 is 1.04 bits per heavy atom. The van der Waals surface area contributed by atoms with Crippen molar-refractivity contribution in [3.05, 3.63) is 53.6 Å². The van der Waals surface area contributed by atoms with Crippen LogP contribution >= 0.6 is 0 Å². The van der Waals surface area contributed by atoms with Crippen LogP contribution in [0.4, 0.5) is 27.6 Å². The first kappa shape index (κ1) is 18.7.